The Morgan fingerprint density at radius 3 is 2.83 bits per heavy atom. The van der Waals surface area contributed by atoms with Crippen molar-refractivity contribution < 1.29 is 13.6 Å². The summed E-state index contributed by atoms with van der Waals surface area (Å²) < 4.78 is 27.6. The fourth-order valence-corrected chi connectivity index (χ4v) is 4.43. The maximum atomic E-state index is 13.8. The number of benzene rings is 1. The molecule has 2 atom stereocenters. The standard InChI is InChI=1S/C18H18F2N2OS/c1-17-7-8-22(10-14(17)18(17,19)20)15(23)9-13-11-24-16(21-13)12-5-3-2-4-6-12/h2-6,11,14H,7-10H2,1H3/t14-,17-/m0/s1. The lowest BCUT2D eigenvalue weighted by atomic mass is 9.97. The van der Waals surface area contributed by atoms with Gasteiger partial charge in [-0.1, -0.05) is 37.3 Å². The number of fused-ring (bicyclic) bond motifs is 1. The van der Waals surface area contributed by atoms with Gasteiger partial charge in [-0.25, -0.2) is 13.8 Å². The fourth-order valence-electron chi connectivity index (χ4n) is 3.60. The Labute approximate surface area is 143 Å². The Morgan fingerprint density at radius 1 is 1.38 bits per heavy atom. The molecule has 2 aliphatic rings. The van der Waals surface area contributed by atoms with Gasteiger partial charge in [0.05, 0.1) is 18.0 Å². The van der Waals surface area contributed by atoms with Crippen LogP contribution in [0.25, 0.3) is 10.6 Å². The Kier molecular flexibility index (Phi) is 3.49. The molecule has 2 aromatic rings. The van der Waals surface area contributed by atoms with E-state index < -0.39 is 17.3 Å². The highest BCUT2D eigenvalue weighted by atomic mass is 32.1. The molecule has 0 N–H and O–H groups in total. The maximum absolute atomic E-state index is 13.8. The van der Waals surface area contributed by atoms with E-state index in [4.69, 9.17) is 0 Å². The molecule has 3 nitrogen and oxygen atoms in total. The van der Waals surface area contributed by atoms with Crippen LogP contribution in [0.2, 0.25) is 0 Å². The van der Waals surface area contributed by atoms with E-state index in [9.17, 15) is 13.6 Å². The summed E-state index contributed by atoms with van der Waals surface area (Å²) in [5.74, 6) is -3.41. The molecule has 126 valence electrons. The molecule has 6 heteroatoms. The van der Waals surface area contributed by atoms with E-state index in [2.05, 4.69) is 4.98 Å². The molecule has 1 aromatic carbocycles. The number of thiazole rings is 1. The number of likely N-dealkylation sites (tertiary alicyclic amines) is 1. The third-order valence-electron chi connectivity index (χ3n) is 5.45. The Hall–Kier alpha value is -1.82. The molecule has 1 aliphatic heterocycles. The van der Waals surface area contributed by atoms with Crippen LogP contribution in [-0.2, 0) is 11.2 Å². The first-order chi connectivity index (χ1) is 11.4. The van der Waals surface area contributed by atoms with E-state index in [1.165, 1.54) is 11.3 Å². The Balaban J connectivity index is 1.42. The normalized spacial score (nSPS) is 27.6. The van der Waals surface area contributed by atoms with E-state index >= 15 is 0 Å². The van der Waals surface area contributed by atoms with Crippen LogP contribution in [-0.4, -0.2) is 34.8 Å². The smallest absolute Gasteiger partial charge is 0.259 e. The van der Waals surface area contributed by atoms with E-state index in [1.54, 1.807) is 11.8 Å². The second-order valence-electron chi connectivity index (χ2n) is 6.87. The van der Waals surface area contributed by atoms with E-state index in [0.29, 0.717) is 18.7 Å². The van der Waals surface area contributed by atoms with Gasteiger partial charge >= 0.3 is 0 Å². The first-order valence-corrected chi connectivity index (χ1v) is 8.95. The molecule has 0 bridgehead atoms. The zero-order valence-corrected chi connectivity index (χ0v) is 14.2. The predicted octanol–water partition coefficient (Wildman–Crippen LogP) is 3.86. The summed E-state index contributed by atoms with van der Waals surface area (Å²) in [6, 6.07) is 9.79. The third kappa shape index (κ3) is 2.35. The number of carbonyl (C=O) groups is 1. The van der Waals surface area contributed by atoms with Crippen LogP contribution < -0.4 is 0 Å². The fraction of sp³-hybridized carbons (Fsp3) is 0.444. The van der Waals surface area contributed by atoms with Crippen molar-refractivity contribution in [2.45, 2.75) is 25.7 Å². The van der Waals surface area contributed by atoms with Crippen molar-refractivity contribution >= 4 is 17.2 Å². The molecule has 1 aromatic heterocycles. The molecule has 4 rings (SSSR count). The van der Waals surface area contributed by atoms with Crippen molar-refractivity contribution in [3.05, 3.63) is 41.4 Å². The van der Waals surface area contributed by atoms with Crippen molar-refractivity contribution in [3.8, 4) is 10.6 Å². The first-order valence-electron chi connectivity index (χ1n) is 8.07. The number of halogens is 2. The van der Waals surface area contributed by atoms with Gasteiger partial charge in [-0.05, 0) is 6.42 Å². The van der Waals surface area contributed by atoms with Crippen molar-refractivity contribution in [1.82, 2.24) is 9.88 Å². The van der Waals surface area contributed by atoms with E-state index in [-0.39, 0.29) is 18.9 Å². The zero-order valence-electron chi connectivity index (χ0n) is 13.3. The summed E-state index contributed by atoms with van der Waals surface area (Å²) in [5, 5.41) is 2.75. The number of aromatic nitrogens is 1. The van der Waals surface area contributed by atoms with Crippen LogP contribution in [0.15, 0.2) is 35.7 Å². The van der Waals surface area contributed by atoms with Crippen molar-refractivity contribution in [3.63, 3.8) is 0 Å². The number of carbonyl (C=O) groups excluding carboxylic acids is 1. The molecular weight excluding hydrogens is 330 g/mol. The minimum absolute atomic E-state index is 0.107. The number of rotatable bonds is 3. The highest BCUT2D eigenvalue weighted by Crippen LogP contribution is 2.69. The minimum Gasteiger partial charge on any atom is -0.342 e. The average molecular weight is 348 g/mol. The Bertz CT molecular complexity index is 776. The van der Waals surface area contributed by atoms with E-state index in [1.807, 2.05) is 35.7 Å². The summed E-state index contributed by atoms with van der Waals surface area (Å²) in [5.41, 5.74) is 0.831. The quantitative estimate of drug-likeness (QED) is 0.844. The first kappa shape index (κ1) is 15.7. The third-order valence-corrected chi connectivity index (χ3v) is 6.39. The van der Waals surface area contributed by atoms with Gasteiger partial charge < -0.3 is 4.90 Å². The van der Waals surface area contributed by atoms with Gasteiger partial charge in [-0.15, -0.1) is 11.3 Å². The molecule has 2 fully saturated rings. The SMILES string of the molecule is C[C@]12CCN(C(=O)Cc3csc(-c4ccccc4)n3)C[C@@H]1C2(F)F. The highest BCUT2D eigenvalue weighted by molar-refractivity contribution is 7.13. The molecule has 1 saturated carbocycles. The summed E-state index contributed by atoms with van der Waals surface area (Å²) >= 11 is 1.50. The summed E-state index contributed by atoms with van der Waals surface area (Å²) in [7, 11) is 0. The van der Waals surface area contributed by atoms with Gasteiger partial charge in [0.25, 0.3) is 5.92 Å². The van der Waals surface area contributed by atoms with Crippen LogP contribution in [0.3, 0.4) is 0 Å². The number of hydrogen-bond donors (Lipinski definition) is 0. The Morgan fingerprint density at radius 2 is 2.12 bits per heavy atom. The van der Waals surface area contributed by atoms with Crippen molar-refractivity contribution in [1.29, 1.82) is 0 Å². The van der Waals surface area contributed by atoms with E-state index in [0.717, 1.165) is 10.6 Å². The topological polar surface area (TPSA) is 33.2 Å². The number of alkyl halides is 2. The molecule has 2 heterocycles. The molecule has 1 saturated heterocycles. The average Bonchev–Trinajstić information content (AvgIpc) is 2.91. The lowest BCUT2D eigenvalue weighted by molar-refractivity contribution is -0.131. The van der Waals surface area contributed by atoms with Gasteiger partial charge in [0, 0.05) is 29.4 Å². The number of amides is 1. The number of hydrogen-bond acceptors (Lipinski definition) is 3. The van der Waals surface area contributed by atoms with Crippen LogP contribution in [0.4, 0.5) is 8.78 Å². The lowest BCUT2D eigenvalue weighted by Gasteiger charge is -2.28. The predicted molar refractivity (Wildman–Crippen MR) is 89.0 cm³/mol. The zero-order chi connectivity index (χ0) is 16.9. The molecule has 0 radical (unpaired) electrons. The van der Waals surface area contributed by atoms with Crippen molar-refractivity contribution in [2.75, 3.05) is 13.1 Å². The second kappa shape index (κ2) is 5.34. The minimum atomic E-state index is -2.62. The summed E-state index contributed by atoms with van der Waals surface area (Å²) in [6.45, 7) is 2.21. The number of nitrogens with zero attached hydrogens (tertiary/aromatic N) is 2. The van der Waals surface area contributed by atoms with Gasteiger partial charge in [0.15, 0.2) is 0 Å². The van der Waals surface area contributed by atoms with Gasteiger partial charge in [-0.3, -0.25) is 4.79 Å². The largest absolute Gasteiger partial charge is 0.342 e. The maximum Gasteiger partial charge on any atom is 0.259 e. The molecule has 0 unspecified atom stereocenters. The molecule has 0 spiro atoms. The van der Waals surface area contributed by atoms with Crippen LogP contribution in [0.1, 0.15) is 19.0 Å². The van der Waals surface area contributed by atoms with Crippen LogP contribution in [0, 0.1) is 11.3 Å². The molecule has 1 aliphatic carbocycles. The molecule has 24 heavy (non-hydrogen) atoms. The van der Waals surface area contributed by atoms with Crippen LogP contribution >= 0.6 is 11.3 Å². The highest BCUT2D eigenvalue weighted by Gasteiger charge is 2.78. The second-order valence-corrected chi connectivity index (χ2v) is 7.73. The van der Waals surface area contributed by atoms with Gasteiger partial charge in [0.2, 0.25) is 5.91 Å². The van der Waals surface area contributed by atoms with Gasteiger partial charge in [-0.2, -0.15) is 0 Å². The summed E-state index contributed by atoms with van der Waals surface area (Å²) in [6.07, 6.45) is 0.557. The molecule has 1 amide bonds. The lowest BCUT2D eigenvalue weighted by Crippen LogP contribution is -2.39. The summed E-state index contributed by atoms with van der Waals surface area (Å²) in [4.78, 5) is 18.5. The van der Waals surface area contributed by atoms with Gasteiger partial charge in [0.1, 0.15) is 5.01 Å². The van der Waals surface area contributed by atoms with Crippen LogP contribution in [0.5, 0.6) is 0 Å². The number of piperidine rings is 1. The molecular formula is C18H18F2N2OS. The monoisotopic (exact) mass is 348 g/mol. The van der Waals surface area contributed by atoms with Crippen molar-refractivity contribution in [2.24, 2.45) is 11.3 Å².